The number of halogens is 1. The number of thioether (sulfide) groups is 1. The molecule has 138 valence electrons. The number of carbonyl (C=O) groups is 2. The molecular weight excluding hydrogens is 365 g/mol. The molecule has 0 aromatic heterocycles. The summed E-state index contributed by atoms with van der Waals surface area (Å²) in [5, 5.41) is 2.43. The van der Waals surface area contributed by atoms with E-state index in [9.17, 15) is 14.0 Å². The van der Waals surface area contributed by atoms with Crippen LogP contribution in [0.1, 0.15) is 17.9 Å². The molecular formula is C20H18FN3O2S. The molecule has 0 aliphatic carbocycles. The number of anilines is 1. The van der Waals surface area contributed by atoms with Gasteiger partial charge in [0.25, 0.3) is 5.91 Å². The molecule has 27 heavy (non-hydrogen) atoms. The quantitative estimate of drug-likeness (QED) is 0.782. The summed E-state index contributed by atoms with van der Waals surface area (Å²) in [6.45, 7) is 1.75. The van der Waals surface area contributed by atoms with Gasteiger partial charge in [-0.25, -0.2) is 14.2 Å². The average molecular weight is 383 g/mol. The second-order valence-corrected chi connectivity index (χ2v) is 7.48. The van der Waals surface area contributed by atoms with E-state index >= 15 is 0 Å². The van der Waals surface area contributed by atoms with Crippen molar-refractivity contribution in [1.29, 1.82) is 0 Å². The summed E-state index contributed by atoms with van der Waals surface area (Å²) in [5.74, 6) is 0.00345. The van der Waals surface area contributed by atoms with Crippen molar-refractivity contribution in [2.75, 3.05) is 17.8 Å². The Kier molecular flexibility index (Phi) is 4.39. The van der Waals surface area contributed by atoms with Crippen LogP contribution in [0.5, 0.6) is 0 Å². The van der Waals surface area contributed by atoms with Crippen LogP contribution in [0.3, 0.4) is 0 Å². The van der Waals surface area contributed by atoms with Crippen molar-refractivity contribution >= 4 is 29.4 Å². The number of hydrogen-bond acceptors (Lipinski definition) is 3. The third-order valence-electron chi connectivity index (χ3n) is 4.79. The summed E-state index contributed by atoms with van der Waals surface area (Å²) in [4.78, 5) is 28.1. The van der Waals surface area contributed by atoms with Crippen molar-refractivity contribution in [3.63, 3.8) is 0 Å². The van der Waals surface area contributed by atoms with E-state index in [0.29, 0.717) is 22.7 Å². The van der Waals surface area contributed by atoms with Crippen LogP contribution in [0, 0.1) is 5.82 Å². The first kappa shape index (κ1) is 17.6. The van der Waals surface area contributed by atoms with Crippen LogP contribution >= 0.6 is 11.8 Å². The van der Waals surface area contributed by atoms with Crippen molar-refractivity contribution in [3.05, 3.63) is 77.2 Å². The minimum atomic E-state index is -0.322. The number of rotatable bonds is 2. The molecule has 0 radical (unpaired) electrons. The summed E-state index contributed by atoms with van der Waals surface area (Å²) in [6, 6.07) is 14.9. The smallest absolute Gasteiger partial charge is 0.278 e. The van der Waals surface area contributed by atoms with Gasteiger partial charge in [0, 0.05) is 24.1 Å². The first-order chi connectivity index (χ1) is 13.0. The van der Waals surface area contributed by atoms with Gasteiger partial charge in [0.1, 0.15) is 11.2 Å². The second kappa shape index (κ2) is 6.74. The van der Waals surface area contributed by atoms with Crippen LogP contribution < -0.4 is 5.01 Å². The van der Waals surface area contributed by atoms with Gasteiger partial charge in [0.2, 0.25) is 0 Å². The third kappa shape index (κ3) is 2.88. The van der Waals surface area contributed by atoms with Gasteiger partial charge in [-0.1, -0.05) is 30.3 Å². The number of urea groups is 1. The Morgan fingerprint density at radius 1 is 1.04 bits per heavy atom. The van der Waals surface area contributed by atoms with Crippen molar-refractivity contribution in [2.45, 2.75) is 12.3 Å². The number of fused-ring (bicyclic) bond motifs is 1. The summed E-state index contributed by atoms with van der Waals surface area (Å²) in [6.07, 6.45) is 0. The second-order valence-electron chi connectivity index (χ2n) is 6.42. The standard InChI is InChI=1S/C20H18FN3O2S/c1-13-17-12-27-19(14-8-10-15(21)11-9-14)23(17)20(26)24(22(2)18(13)25)16-6-4-3-5-7-16/h3-11,19H,12H2,1-2H3. The largest absolute Gasteiger partial charge is 0.349 e. The highest BCUT2D eigenvalue weighted by Gasteiger charge is 2.44. The zero-order chi connectivity index (χ0) is 19.1. The molecule has 0 N–H and O–H groups in total. The maximum Gasteiger partial charge on any atom is 0.349 e. The van der Waals surface area contributed by atoms with Crippen molar-refractivity contribution < 1.29 is 14.0 Å². The monoisotopic (exact) mass is 383 g/mol. The first-order valence-corrected chi connectivity index (χ1v) is 9.57. The third-order valence-corrected chi connectivity index (χ3v) is 6.03. The SMILES string of the molecule is CC1=C2CSC(c3ccc(F)cc3)N2C(=O)N(c2ccccc2)N(C)C1=O. The van der Waals surface area contributed by atoms with Crippen LogP contribution in [-0.4, -0.2) is 34.6 Å². The molecule has 1 unspecified atom stereocenters. The van der Waals surface area contributed by atoms with Crippen LogP contribution in [0.25, 0.3) is 0 Å². The molecule has 2 heterocycles. The zero-order valence-corrected chi connectivity index (χ0v) is 15.7. The van der Waals surface area contributed by atoms with Crippen LogP contribution in [0.15, 0.2) is 65.9 Å². The van der Waals surface area contributed by atoms with E-state index in [1.165, 1.54) is 22.2 Å². The molecule has 2 aliphatic heterocycles. The Bertz CT molecular complexity index is 930. The lowest BCUT2D eigenvalue weighted by Gasteiger charge is -2.34. The summed E-state index contributed by atoms with van der Waals surface area (Å²) in [7, 11) is 1.60. The average Bonchev–Trinajstić information content (AvgIpc) is 3.10. The molecule has 0 spiro atoms. The number of nitrogens with zero attached hydrogens (tertiary/aromatic N) is 3. The topological polar surface area (TPSA) is 43.9 Å². The van der Waals surface area contributed by atoms with Gasteiger partial charge < -0.3 is 0 Å². The maximum absolute atomic E-state index is 13.5. The number of para-hydroxylation sites is 1. The maximum atomic E-state index is 13.5. The van der Waals surface area contributed by atoms with Gasteiger partial charge in [-0.2, -0.15) is 5.01 Å². The molecule has 0 saturated carbocycles. The highest BCUT2D eigenvalue weighted by atomic mass is 32.2. The highest BCUT2D eigenvalue weighted by molar-refractivity contribution is 8.00. The van der Waals surface area contributed by atoms with Gasteiger partial charge in [0.15, 0.2) is 0 Å². The molecule has 2 aliphatic rings. The van der Waals surface area contributed by atoms with Crippen LogP contribution in [0.2, 0.25) is 0 Å². The fourth-order valence-corrected chi connectivity index (χ4v) is 4.75. The van der Waals surface area contributed by atoms with Gasteiger partial charge in [0.05, 0.1) is 5.69 Å². The van der Waals surface area contributed by atoms with Crippen LogP contribution in [-0.2, 0) is 4.79 Å². The number of likely N-dealkylation sites (N-methyl/N-ethyl adjacent to an activating group) is 1. The zero-order valence-electron chi connectivity index (χ0n) is 14.9. The predicted molar refractivity (Wildman–Crippen MR) is 103 cm³/mol. The van der Waals surface area contributed by atoms with E-state index in [1.807, 2.05) is 18.2 Å². The van der Waals surface area contributed by atoms with Crippen molar-refractivity contribution in [1.82, 2.24) is 9.91 Å². The van der Waals surface area contributed by atoms with Crippen molar-refractivity contribution in [2.24, 2.45) is 0 Å². The fraction of sp³-hybridized carbons (Fsp3) is 0.200. The molecule has 1 saturated heterocycles. The Morgan fingerprint density at radius 3 is 2.37 bits per heavy atom. The first-order valence-electron chi connectivity index (χ1n) is 8.52. The van der Waals surface area contributed by atoms with E-state index in [-0.39, 0.29) is 23.1 Å². The lowest BCUT2D eigenvalue weighted by Crippen LogP contribution is -2.50. The molecule has 4 rings (SSSR count). The Morgan fingerprint density at radius 2 is 1.70 bits per heavy atom. The van der Waals surface area contributed by atoms with Gasteiger partial charge in [-0.05, 0) is 36.8 Å². The molecule has 7 heteroatoms. The molecule has 1 fully saturated rings. The van der Waals surface area contributed by atoms with E-state index in [4.69, 9.17) is 0 Å². The summed E-state index contributed by atoms with van der Waals surface area (Å²) in [5.41, 5.74) is 2.68. The van der Waals surface area contributed by atoms with Crippen molar-refractivity contribution in [3.8, 4) is 0 Å². The van der Waals surface area contributed by atoms with E-state index in [2.05, 4.69) is 0 Å². The summed E-state index contributed by atoms with van der Waals surface area (Å²) < 4.78 is 13.3. The van der Waals surface area contributed by atoms with E-state index in [1.54, 1.807) is 54.9 Å². The minimum absolute atomic E-state index is 0.218. The molecule has 5 nitrogen and oxygen atoms in total. The lowest BCUT2D eigenvalue weighted by atomic mass is 10.1. The molecule has 1 atom stereocenters. The van der Waals surface area contributed by atoms with E-state index < -0.39 is 0 Å². The molecule has 2 aromatic rings. The highest BCUT2D eigenvalue weighted by Crippen LogP contribution is 2.46. The number of hydrogen-bond donors (Lipinski definition) is 0. The van der Waals surface area contributed by atoms with Crippen LogP contribution in [0.4, 0.5) is 14.9 Å². The fourth-order valence-electron chi connectivity index (χ4n) is 3.36. The predicted octanol–water partition coefficient (Wildman–Crippen LogP) is 4.16. The Labute approximate surface area is 161 Å². The van der Waals surface area contributed by atoms with Gasteiger partial charge >= 0.3 is 6.03 Å². The summed E-state index contributed by atoms with van der Waals surface area (Å²) >= 11 is 1.55. The Hall–Kier alpha value is -2.80. The number of hydrazine groups is 1. The van der Waals surface area contributed by atoms with E-state index in [0.717, 1.165) is 5.56 Å². The Balaban J connectivity index is 1.82. The normalized spacial score (nSPS) is 20.3. The minimum Gasteiger partial charge on any atom is -0.278 e. The molecule has 0 bridgehead atoms. The number of amides is 3. The van der Waals surface area contributed by atoms with Gasteiger partial charge in [-0.15, -0.1) is 11.8 Å². The molecule has 3 amide bonds. The lowest BCUT2D eigenvalue weighted by molar-refractivity contribution is -0.125. The van der Waals surface area contributed by atoms with Gasteiger partial charge in [-0.3, -0.25) is 9.69 Å². The number of benzene rings is 2. The molecule has 2 aromatic carbocycles. The number of carbonyl (C=O) groups excluding carboxylic acids is 2.